The van der Waals surface area contributed by atoms with Crippen molar-refractivity contribution in [1.29, 1.82) is 0 Å². The van der Waals surface area contributed by atoms with Crippen molar-refractivity contribution in [3.63, 3.8) is 0 Å². The smallest absolute Gasteiger partial charge is 0.343 e. The van der Waals surface area contributed by atoms with Gasteiger partial charge in [0.2, 0.25) is 5.75 Å². The molecule has 0 radical (unpaired) electrons. The van der Waals surface area contributed by atoms with E-state index in [4.69, 9.17) is 9.15 Å². The average Bonchev–Trinajstić information content (AvgIpc) is 3.22. The highest BCUT2D eigenvalue weighted by Gasteiger charge is 2.30. The van der Waals surface area contributed by atoms with Crippen LogP contribution in [0, 0.1) is 17.0 Å². The molecule has 5 rings (SSSR count). The molecular weight excluding hydrogens is 432 g/mol. The Hall–Kier alpha value is -4.26. The van der Waals surface area contributed by atoms with Crippen molar-refractivity contribution in [2.45, 2.75) is 32.6 Å². The standard InChI is InChI=1S/C27H22N2O5/c1-17-11-13-18(14-12-17)27(30)34-26-21(16-28-19-7-3-2-4-8-19)25-20-9-5-6-10-23(20)33-24(25)15-22(26)29(31)32/h2-4,7-8,11-16H,5-6,9-10H2,1H3. The zero-order valence-electron chi connectivity index (χ0n) is 18.6. The molecule has 0 atom stereocenters. The molecule has 0 saturated heterocycles. The van der Waals surface area contributed by atoms with Crippen LogP contribution < -0.4 is 4.74 Å². The fourth-order valence-electron chi connectivity index (χ4n) is 4.29. The number of aryl methyl sites for hydroxylation is 3. The Balaban J connectivity index is 1.71. The Morgan fingerprint density at radius 1 is 1.09 bits per heavy atom. The molecule has 0 bridgehead atoms. The molecule has 34 heavy (non-hydrogen) atoms. The highest BCUT2D eigenvalue weighted by atomic mass is 16.6. The maximum absolute atomic E-state index is 13.0. The third-order valence-corrected chi connectivity index (χ3v) is 5.99. The molecule has 0 N–H and O–H groups in total. The molecule has 0 spiro atoms. The van der Waals surface area contributed by atoms with E-state index >= 15 is 0 Å². The van der Waals surface area contributed by atoms with Crippen LogP contribution in [-0.4, -0.2) is 17.1 Å². The van der Waals surface area contributed by atoms with Crippen molar-refractivity contribution in [2.75, 3.05) is 0 Å². The molecule has 4 aromatic rings. The van der Waals surface area contributed by atoms with Gasteiger partial charge in [-0.15, -0.1) is 0 Å². The zero-order chi connectivity index (χ0) is 23.7. The first-order valence-corrected chi connectivity index (χ1v) is 11.1. The lowest BCUT2D eigenvalue weighted by Gasteiger charge is -2.12. The molecule has 3 aromatic carbocycles. The number of carbonyl (C=O) groups is 1. The predicted octanol–water partition coefficient (Wildman–Crippen LogP) is 6.50. The van der Waals surface area contributed by atoms with Crippen molar-refractivity contribution in [3.8, 4) is 5.75 Å². The number of rotatable bonds is 5. The van der Waals surface area contributed by atoms with E-state index in [9.17, 15) is 14.9 Å². The van der Waals surface area contributed by atoms with Gasteiger partial charge in [0.05, 0.1) is 27.8 Å². The van der Waals surface area contributed by atoms with Crippen LogP contribution in [0.25, 0.3) is 11.0 Å². The van der Waals surface area contributed by atoms with Gasteiger partial charge in [-0.05, 0) is 50.5 Å². The Labute approximate surface area is 195 Å². The van der Waals surface area contributed by atoms with E-state index in [0.717, 1.165) is 42.6 Å². The number of nitro benzene ring substituents is 1. The minimum absolute atomic E-state index is 0.128. The number of hydrogen-bond donors (Lipinski definition) is 0. The Kier molecular flexibility index (Phi) is 5.67. The number of nitro groups is 1. The number of esters is 1. The van der Waals surface area contributed by atoms with E-state index in [1.54, 1.807) is 24.3 Å². The summed E-state index contributed by atoms with van der Waals surface area (Å²) in [4.78, 5) is 29.0. The largest absolute Gasteiger partial charge is 0.460 e. The molecule has 0 saturated carbocycles. The second-order valence-corrected chi connectivity index (χ2v) is 8.33. The Bertz CT molecular complexity index is 1420. The van der Waals surface area contributed by atoms with Crippen LogP contribution in [0.4, 0.5) is 11.4 Å². The van der Waals surface area contributed by atoms with Crippen LogP contribution in [0.1, 0.15) is 45.7 Å². The molecule has 1 aliphatic carbocycles. The van der Waals surface area contributed by atoms with Crippen LogP contribution in [-0.2, 0) is 12.8 Å². The van der Waals surface area contributed by atoms with E-state index in [-0.39, 0.29) is 11.4 Å². The summed E-state index contributed by atoms with van der Waals surface area (Å²) in [7, 11) is 0. The molecule has 0 amide bonds. The number of ether oxygens (including phenoxy) is 1. The second kappa shape index (κ2) is 8.94. The number of para-hydroxylation sites is 1. The van der Waals surface area contributed by atoms with Crippen LogP contribution in [0.2, 0.25) is 0 Å². The molecule has 1 aliphatic rings. The van der Waals surface area contributed by atoms with E-state index in [2.05, 4.69) is 4.99 Å². The quantitative estimate of drug-likeness (QED) is 0.113. The van der Waals surface area contributed by atoms with Gasteiger partial charge >= 0.3 is 11.7 Å². The van der Waals surface area contributed by atoms with Gasteiger partial charge in [0, 0.05) is 23.6 Å². The first-order chi connectivity index (χ1) is 16.5. The number of nitrogens with zero attached hydrogens (tertiary/aromatic N) is 2. The van der Waals surface area contributed by atoms with Crippen molar-refractivity contribution in [1.82, 2.24) is 0 Å². The molecule has 7 heteroatoms. The van der Waals surface area contributed by atoms with Gasteiger partial charge < -0.3 is 9.15 Å². The van der Waals surface area contributed by atoms with Crippen molar-refractivity contribution in [2.24, 2.45) is 4.99 Å². The SMILES string of the molecule is Cc1ccc(C(=O)Oc2c([N+](=O)[O-])cc3oc4c(c3c2C=Nc2ccccc2)CCCC4)cc1. The van der Waals surface area contributed by atoms with Gasteiger partial charge in [0.15, 0.2) is 0 Å². The normalized spacial score (nSPS) is 13.2. The lowest BCUT2D eigenvalue weighted by Crippen LogP contribution is -2.12. The topological polar surface area (TPSA) is 94.9 Å². The monoisotopic (exact) mass is 454 g/mol. The summed E-state index contributed by atoms with van der Waals surface area (Å²) < 4.78 is 11.7. The number of hydrogen-bond acceptors (Lipinski definition) is 6. The zero-order valence-corrected chi connectivity index (χ0v) is 18.6. The summed E-state index contributed by atoms with van der Waals surface area (Å²) in [6.45, 7) is 1.91. The van der Waals surface area contributed by atoms with Gasteiger partial charge in [-0.25, -0.2) is 4.79 Å². The van der Waals surface area contributed by atoms with E-state index in [0.29, 0.717) is 27.8 Å². The first kappa shape index (κ1) is 21.6. The van der Waals surface area contributed by atoms with E-state index in [1.165, 1.54) is 12.3 Å². The minimum Gasteiger partial charge on any atom is -0.460 e. The molecule has 0 aliphatic heterocycles. The summed E-state index contributed by atoms with van der Waals surface area (Å²) in [5, 5.41) is 12.7. The second-order valence-electron chi connectivity index (χ2n) is 8.33. The highest BCUT2D eigenvalue weighted by Crippen LogP contribution is 2.42. The summed E-state index contributed by atoms with van der Waals surface area (Å²) in [5.74, 6) is 0.0259. The van der Waals surface area contributed by atoms with Crippen LogP contribution in [0.3, 0.4) is 0 Å². The lowest BCUT2D eigenvalue weighted by molar-refractivity contribution is -0.385. The average molecular weight is 454 g/mol. The fraction of sp³-hybridized carbons (Fsp3) is 0.185. The predicted molar refractivity (Wildman–Crippen MR) is 129 cm³/mol. The maximum atomic E-state index is 13.0. The van der Waals surface area contributed by atoms with Crippen LogP contribution in [0.5, 0.6) is 5.75 Å². The Morgan fingerprint density at radius 2 is 1.82 bits per heavy atom. The number of furan rings is 1. The van der Waals surface area contributed by atoms with Gasteiger partial charge in [0.1, 0.15) is 11.3 Å². The summed E-state index contributed by atoms with van der Waals surface area (Å²) in [5.41, 5.74) is 3.41. The molecular formula is C27H22N2O5. The van der Waals surface area contributed by atoms with Gasteiger partial charge in [-0.1, -0.05) is 35.9 Å². The van der Waals surface area contributed by atoms with Crippen LogP contribution >= 0.6 is 0 Å². The van der Waals surface area contributed by atoms with Gasteiger partial charge in [-0.2, -0.15) is 0 Å². The van der Waals surface area contributed by atoms with Crippen molar-refractivity contribution < 1.29 is 18.9 Å². The molecule has 1 heterocycles. The third-order valence-electron chi connectivity index (χ3n) is 5.99. The third kappa shape index (κ3) is 4.08. The summed E-state index contributed by atoms with van der Waals surface area (Å²) >= 11 is 0. The molecule has 7 nitrogen and oxygen atoms in total. The highest BCUT2D eigenvalue weighted by molar-refractivity contribution is 6.07. The number of fused-ring (bicyclic) bond motifs is 3. The van der Waals surface area contributed by atoms with Gasteiger partial charge in [-0.3, -0.25) is 15.1 Å². The fourth-order valence-corrected chi connectivity index (χ4v) is 4.29. The van der Waals surface area contributed by atoms with Gasteiger partial charge in [0.25, 0.3) is 0 Å². The number of aliphatic imine (C=N–C) groups is 1. The summed E-state index contributed by atoms with van der Waals surface area (Å²) in [6, 6.07) is 17.5. The number of carbonyl (C=O) groups excluding carboxylic acids is 1. The molecule has 0 fully saturated rings. The molecule has 1 aromatic heterocycles. The van der Waals surface area contributed by atoms with Crippen molar-refractivity contribution in [3.05, 3.63) is 98.8 Å². The minimum atomic E-state index is -0.672. The first-order valence-electron chi connectivity index (χ1n) is 11.1. The lowest BCUT2D eigenvalue weighted by atomic mass is 9.93. The molecule has 170 valence electrons. The summed E-state index contributed by atoms with van der Waals surface area (Å²) in [6.07, 6.45) is 5.08. The maximum Gasteiger partial charge on any atom is 0.343 e. The number of benzene rings is 3. The van der Waals surface area contributed by atoms with E-state index < -0.39 is 10.9 Å². The van der Waals surface area contributed by atoms with Crippen LogP contribution in [0.15, 0.2) is 70.1 Å². The van der Waals surface area contributed by atoms with E-state index in [1.807, 2.05) is 37.3 Å². The molecule has 0 unspecified atom stereocenters. The van der Waals surface area contributed by atoms with Crippen molar-refractivity contribution >= 4 is 34.5 Å². The Morgan fingerprint density at radius 3 is 2.56 bits per heavy atom.